The Hall–Kier alpha value is -0.570. The number of amides is 1. The summed E-state index contributed by atoms with van der Waals surface area (Å²) >= 11 is 0. The van der Waals surface area contributed by atoms with Gasteiger partial charge in [0.2, 0.25) is 5.91 Å². The Morgan fingerprint density at radius 1 is 1.35 bits per heavy atom. The molecular weight excluding hydrogens is 248 g/mol. The fourth-order valence-corrected chi connectivity index (χ4v) is 4.59. The Labute approximate surface area is 124 Å². The Morgan fingerprint density at radius 2 is 2.05 bits per heavy atom. The molecule has 0 aromatic carbocycles. The van der Waals surface area contributed by atoms with Gasteiger partial charge in [-0.3, -0.25) is 4.79 Å². The van der Waals surface area contributed by atoms with Crippen LogP contribution in [0.5, 0.6) is 0 Å². The van der Waals surface area contributed by atoms with Gasteiger partial charge < -0.3 is 10.6 Å². The lowest BCUT2D eigenvalue weighted by atomic mass is 9.68. The van der Waals surface area contributed by atoms with Gasteiger partial charge in [0.05, 0.1) is 0 Å². The molecule has 2 aliphatic rings. The van der Waals surface area contributed by atoms with Crippen molar-refractivity contribution in [1.29, 1.82) is 0 Å². The van der Waals surface area contributed by atoms with Crippen molar-refractivity contribution in [3.63, 3.8) is 0 Å². The van der Waals surface area contributed by atoms with Crippen LogP contribution in [0.25, 0.3) is 0 Å². The third-order valence-corrected chi connectivity index (χ3v) is 5.99. The number of fused-ring (bicyclic) bond motifs is 2. The summed E-state index contributed by atoms with van der Waals surface area (Å²) in [4.78, 5) is 11.8. The van der Waals surface area contributed by atoms with Crippen molar-refractivity contribution in [1.82, 2.24) is 10.6 Å². The maximum atomic E-state index is 11.8. The average Bonchev–Trinajstić information content (AvgIpc) is 2.84. The number of hydrogen-bond acceptors (Lipinski definition) is 2. The molecule has 4 atom stereocenters. The van der Waals surface area contributed by atoms with E-state index < -0.39 is 0 Å². The van der Waals surface area contributed by atoms with Crippen LogP contribution in [0.1, 0.15) is 66.7 Å². The smallest absolute Gasteiger partial charge is 0.221 e. The summed E-state index contributed by atoms with van der Waals surface area (Å²) in [6.07, 6.45) is 5.68. The summed E-state index contributed by atoms with van der Waals surface area (Å²) in [6, 6.07) is 0.851. The predicted molar refractivity (Wildman–Crippen MR) is 83.5 cm³/mol. The van der Waals surface area contributed by atoms with E-state index in [1.165, 1.54) is 19.3 Å². The minimum Gasteiger partial charge on any atom is -0.354 e. The van der Waals surface area contributed by atoms with Gasteiger partial charge in [0.25, 0.3) is 0 Å². The van der Waals surface area contributed by atoms with E-state index in [1.54, 1.807) is 0 Å². The highest BCUT2D eigenvalue weighted by molar-refractivity contribution is 5.76. The first-order chi connectivity index (χ1) is 9.29. The second kappa shape index (κ2) is 5.67. The van der Waals surface area contributed by atoms with Gasteiger partial charge in [0, 0.05) is 25.0 Å². The van der Waals surface area contributed by atoms with E-state index in [1.807, 2.05) is 0 Å². The van der Waals surface area contributed by atoms with Crippen LogP contribution in [0, 0.1) is 16.7 Å². The molecule has 1 amide bonds. The van der Waals surface area contributed by atoms with Gasteiger partial charge >= 0.3 is 0 Å². The lowest BCUT2D eigenvalue weighted by Crippen LogP contribution is -2.51. The van der Waals surface area contributed by atoms with Gasteiger partial charge in [0.1, 0.15) is 0 Å². The molecule has 3 nitrogen and oxygen atoms in total. The van der Waals surface area contributed by atoms with Crippen LogP contribution in [0.4, 0.5) is 0 Å². The van der Waals surface area contributed by atoms with Crippen LogP contribution >= 0.6 is 0 Å². The first kappa shape index (κ1) is 15.8. The van der Waals surface area contributed by atoms with Gasteiger partial charge in [-0.2, -0.15) is 0 Å². The number of hydrogen-bond donors (Lipinski definition) is 2. The standard InChI is InChI=1S/C17H32N2O/c1-6-12(2)19-14(20)8-10-18-15-16(3,4)13-7-9-17(15,5)11-13/h12-13,15,18H,6-11H2,1-5H3,(H,19,20)/t12?,13-,15?,17+/m0/s1. The monoisotopic (exact) mass is 280 g/mol. The van der Waals surface area contributed by atoms with Crippen molar-refractivity contribution in [3.05, 3.63) is 0 Å². The Balaban J connectivity index is 1.81. The Morgan fingerprint density at radius 3 is 2.60 bits per heavy atom. The van der Waals surface area contributed by atoms with Gasteiger partial charge in [0.15, 0.2) is 0 Å². The van der Waals surface area contributed by atoms with Crippen LogP contribution < -0.4 is 10.6 Å². The van der Waals surface area contributed by atoms with Crippen LogP contribution in [-0.2, 0) is 4.79 Å². The van der Waals surface area contributed by atoms with Crippen molar-refractivity contribution in [2.45, 2.75) is 78.8 Å². The van der Waals surface area contributed by atoms with E-state index in [0.717, 1.165) is 18.9 Å². The first-order valence-corrected chi connectivity index (χ1v) is 8.32. The minimum atomic E-state index is 0.179. The van der Waals surface area contributed by atoms with Crippen LogP contribution in [-0.4, -0.2) is 24.5 Å². The lowest BCUT2D eigenvalue weighted by Gasteiger charge is -2.43. The zero-order chi connectivity index (χ0) is 15.0. The summed E-state index contributed by atoms with van der Waals surface area (Å²) in [7, 11) is 0. The van der Waals surface area contributed by atoms with Crippen molar-refractivity contribution in [2.24, 2.45) is 16.7 Å². The van der Waals surface area contributed by atoms with Gasteiger partial charge in [-0.05, 0) is 49.4 Å². The first-order valence-electron chi connectivity index (χ1n) is 8.32. The van der Waals surface area contributed by atoms with Crippen molar-refractivity contribution in [2.75, 3.05) is 6.54 Å². The van der Waals surface area contributed by atoms with Gasteiger partial charge in [-0.25, -0.2) is 0 Å². The Bertz CT molecular complexity index is 361. The van der Waals surface area contributed by atoms with E-state index in [9.17, 15) is 4.79 Å². The number of rotatable bonds is 6. The maximum Gasteiger partial charge on any atom is 0.221 e. The molecule has 0 heterocycles. The highest BCUT2D eigenvalue weighted by atomic mass is 16.1. The van der Waals surface area contributed by atoms with E-state index >= 15 is 0 Å². The van der Waals surface area contributed by atoms with Gasteiger partial charge in [-0.15, -0.1) is 0 Å². The molecule has 0 aromatic rings. The molecular formula is C17H32N2O. The molecule has 2 bridgehead atoms. The number of nitrogens with one attached hydrogen (secondary N) is 2. The molecule has 20 heavy (non-hydrogen) atoms. The largest absolute Gasteiger partial charge is 0.354 e. The highest BCUT2D eigenvalue weighted by Gasteiger charge is 2.58. The maximum absolute atomic E-state index is 11.8. The second-order valence-corrected chi connectivity index (χ2v) is 7.93. The van der Waals surface area contributed by atoms with E-state index in [0.29, 0.717) is 29.3 Å². The summed E-state index contributed by atoms with van der Waals surface area (Å²) < 4.78 is 0. The molecule has 3 heteroatoms. The number of carbonyl (C=O) groups is 1. The fraction of sp³-hybridized carbons (Fsp3) is 0.941. The molecule has 0 radical (unpaired) electrons. The Kier molecular flexibility index (Phi) is 4.48. The SMILES string of the molecule is CCC(C)NC(=O)CCNC1C(C)(C)[C@H]2CC[C@]1(C)C2. The molecule has 2 aliphatic carbocycles. The third kappa shape index (κ3) is 2.88. The predicted octanol–water partition coefficient (Wildman–Crippen LogP) is 3.10. The molecule has 0 aliphatic heterocycles. The summed E-state index contributed by atoms with van der Waals surface area (Å²) in [5.41, 5.74) is 0.821. The van der Waals surface area contributed by atoms with Crippen LogP contribution in [0.2, 0.25) is 0 Å². The normalized spacial score (nSPS) is 36.0. The zero-order valence-corrected chi connectivity index (χ0v) is 13.9. The molecule has 2 N–H and O–H groups in total. The van der Waals surface area contributed by atoms with E-state index in [4.69, 9.17) is 0 Å². The average molecular weight is 280 g/mol. The molecule has 0 spiro atoms. The zero-order valence-electron chi connectivity index (χ0n) is 13.9. The molecule has 2 fully saturated rings. The topological polar surface area (TPSA) is 41.1 Å². The molecule has 2 saturated carbocycles. The number of carbonyl (C=O) groups excluding carboxylic acids is 1. The third-order valence-electron chi connectivity index (χ3n) is 5.99. The lowest BCUT2D eigenvalue weighted by molar-refractivity contribution is -0.121. The highest BCUT2D eigenvalue weighted by Crippen LogP contribution is 2.62. The van der Waals surface area contributed by atoms with Crippen molar-refractivity contribution >= 4 is 5.91 Å². The van der Waals surface area contributed by atoms with Crippen molar-refractivity contribution in [3.8, 4) is 0 Å². The second-order valence-electron chi connectivity index (χ2n) is 7.93. The summed E-state index contributed by atoms with van der Waals surface area (Å²) in [5, 5.41) is 6.75. The molecule has 2 unspecified atom stereocenters. The molecule has 0 aromatic heterocycles. The van der Waals surface area contributed by atoms with Gasteiger partial charge in [-0.1, -0.05) is 27.7 Å². The van der Waals surface area contributed by atoms with Crippen molar-refractivity contribution < 1.29 is 4.79 Å². The van der Waals surface area contributed by atoms with E-state index in [-0.39, 0.29) is 5.91 Å². The van der Waals surface area contributed by atoms with Crippen LogP contribution in [0.15, 0.2) is 0 Å². The fourth-order valence-electron chi connectivity index (χ4n) is 4.59. The molecule has 116 valence electrons. The quantitative estimate of drug-likeness (QED) is 0.785. The van der Waals surface area contributed by atoms with Crippen LogP contribution in [0.3, 0.4) is 0 Å². The summed E-state index contributed by atoms with van der Waals surface area (Å²) in [5.74, 6) is 1.04. The summed E-state index contributed by atoms with van der Waals surface area (Å²) in [6.45, 7) is 12.2. The molecule has 0 saturated heterocycles. The molecule has 2 rings (SSSR count). The minimum absolute atomic E-state index is 0.179. The van der Waals surface area contributed by atoms with E-state index in [2.05, 4.69) is 45.3 Å².